The van der Waals surface area contributed by atoms with E-state index in [1.165, 1.54) is 24.6 Å². The minimum atomic E-state index is -0.770. The number of phenolic OH excluding ortho intramolecular Hbond substituents is 2. The van der Waals surface area contributed by atoms with Gasteiger partial charge in [-0.25, -0.2) is 28.8 Å². The Hall–Kier alpha value is -6.12. The van der Waals surface area contributed by atoms with Crippen molar-refractivity contribution in [1.29, 1.82) is 0 Å². The molecular weight excluding hydrogens is 792 g/mol. The number of aromatic nitrogens is 4. The average Bonchev–Trinajstić information content (AvgIpc) is 3.66. The molecule has 0 aliphatic heterocycles. The Labute approximate surface area is 319 Å². The highest BCUT2D eigenvalue weighted by molar-refractivity contribution is 6.03. The van der Waals surface area contributed by atoms with Gasteiger partial charge < -0.3 is 44.2 Å². The topological polar surface area (TPSA) is 141 Å². The zero-order valence-corrected chi connectivity index (χ0v) is 31.0. The number of hydrogen-bond acceptors (Lipinski definition) is 6. The molecule has 0 bridgehead atoms. The molecule has 0 unspecified atom stereocenters. The number of hydrogen-bond donors (Lipinski definition) is 4. The van der Waals surface area contributed by atoms with Crippen LogP contribution in [0.25, 0.3) is 33.8 Å². The molecule has 0 aliphatic carbocycles. The highest BCUT2D eigenvalue weighted by atomic mass is 79.9. The van der Waals surface area contributed by atoms with E-state index in [1.54, 1.807) is 0 Å². The molecule has 7 aromatic rings. The number of pyridine rings is 2. The van der Waals surface area contributed by atoms with Gasteiger partial charge in [0.1, 0.15) is 12.4 Å². The third-order valence-corrected chi connectivity index (χ3v) is 8.48. The van der Waals surface area contributed by atoms with Crippen molar-refractivity contribution in [3.63, 3.8) is 0 Å². The van der Waals surface area contributed by atoms with Crippen LogP contribution in [0.5, 0.6) is 11.5 Å². The minimum Gasteiger partial charge on any atom is -1.00 e. The Balaban J connectivity index is 0.00000261. The van der Waals surface area contributed by atoms with E-state index < -0.39 is 23.3 Å². The fourth-order valence-corrected chi connectivity index (χ4v) is 5.78. The van der Waals surface area contributed by atoms with Crippen LogP contribution < -0.4 is 53.6 Å². The summed E-state index contributed by atoms with van der Waals surface area (Å²) in [6.07, 6.45) is 11.0. The number of phenols is 2. The largest absolute Gasteiger partial charge is 1.00 e. The smallest absolute Gasteiger partial charge is 0.286 e. The first kappa shape index (κ1) is 37.1. The Morgan fingerprint density at radius 2 is 0.981 bits per heavy atom. The first-order valence-electron chi connectivity index (χ1n) is 15.6. The van der Waals surface area contributed by atoms with Gasteiger partial charge in [-0.2, -0.15) is 10.2 Å². The van der Waals surface area contributed by atoms with Gasteiger partial charge in [-0.15, -0.1) is 0 Å². The maximum absolute atomic E-state index is 12.7. The summed E-state index contributed by atoms with van der Waals surface area (Å²) in [4.78, 5) is 25.5. The number of aromatic hydroxyl groups is 2. The fraction of sp³-hybridized carbons (Fsp3) is 0.0526. The lowest BCUT2D eigenvalue weighted by atomic mass is 10.1. The van der Waals surface area contributed by atoms with Crippen LogP contribution in [0.1, 0.15) is 31.8 Å². The first-order chi connectivity index (χ1) is 24.3. The summed E-state index contributed by atoms with van der Waals surface area (Å²) in [5.41, 5.74) is 11.8. The van der Waals surface area contributed by atoms with E-state index in [0.29, 0.717) is 0 Å². The maximum Gasteiger partial charge on any atom is 0.286 e. The minimum absolute atomic E-state index is 0. The number of nitrogens with one attached hydrogen (secondary N) is 2. The molecule has 0 aliphatic rings. The second-order valence-corrected chi connectivity index (χ2v) is 11.6. The lowest BCUT2D eigenvalue weighted by molar-refractivity contribution is -0.510. The molecule has 3 aromatic carbocycles. The monoisotopic (exact) mass is 822 g/mol. The van der Waals surface area contributed by atoms with Gasteiger partial charge >= 0.3 is 0 Å². The van der Waals surface area contributed by atoms with E-state index in [2.05, 4.69) is 42.6 Å². The highest BCUT2D eigenvalue weighted by Gasteiger charge is 2.21. The Kier molecular flexibility index (Phi) is 11.3. The van der Waals surface area contributed by atoms with Gasteiger partial charge in [0.15, 0.2) is 22.9 Å². The predicted molar refractivity (Wildman–Crippen MR) is 188 cm³/mol. The molecule has 12 nitrogen and oxygen atoms in total. The third-order valence-electron chi connectivity index (χ3n) is 8.48. The number of amides is 2. The Bertz CT molecular complexity index is 2300. The van der Waals surface area contributed by atoms with Gasteiger partial charge in [0.05, 0.1) is 50.0 Å². The van der Waals surface area contributed by atoms with E-state index in [4.69, 9.17) is 0 Å². The highest BCUT2D eigenvalue weighted by Crippen LogP contribution is 2.32. The second-order valence-electron chi connectivity index (χ2n) is 11.6. The molecule has 4 aromatic heterocycles. The normalized spacial score (nSPS) is 11.1. The summed E-state index contributed by atoms with van der Waals surface area (Å²) in [6, 6.07) is 29.7. The number of rotatable bonds is 8. The lowest BCUT2D eigenvalue weighted by Crippen LogP contribution is -3.00. The number of imidazole rings is 2. The lowest BCUT2D eigenvalue weighted by Gasteiger charge is -2.09. The number of hydrazone groups is 2. The number of nitrogens with zero attached hydrogens (tertiary/aromatic N) is 6. The summed E-state index contributed by atoms with van der Waals surface area (Å²) >= 11 is 0. The van der Waals surface area contributed by atoms with Gasteiger partial charge in [0.25, 0.3) is 23.1 Å². The standard InChI is InChI=1S/C38H30N8O4.2BrH/c1-43-31(23-45-19-5-3-7-33(43)45)27-13-9-25(10-14-27)21-39-41-37(49)29-17-18-30(36(48)35(29)47)38(50)42-40-22-26-11-15-28(16-12-26)32-24-46-20-6-4-8-34(46)44(32)2;;/h3-24H,1-2H3,(H2-2,41,42,47,48,49,50);2*1H/b39-21+,40-22+;;. The van der Waals surface area contributed by atoms with Crippen molar-refractivity contribution in [3.8, 4) is 34.0 Å². The summed E-state index contributed by atoms with van der Waals surface area (Å²) in [7, 11) is 4.01. The van der Waals surface area contributed by atoms with Crippen LogP contribution in [-0.4, -0.2) is 43.6 Å². The van der Waals surface area contributed by atoms with Crippen LogP contribution in [0.15, 0.2) is 132 Å². The van der Waals surface area contributed by atoms with Gasteiger partial charge in [0, 0.05) is 23.3 Å². The van der Waals surface area contributed by atoms with Crippen LogP contribution in [0, 0.1) is 0 Å². The van der Waals surface area contributed by atoms with Crippen LogP contribution in [-0.2, 0) is 14.1 Å². The third kappa shape index (κ3) is 7.33. The molecule has 0 saturated carbocycles. The van der Waals surface area contributed by atoms with Gasteiger partial charge in [0.2, 0.25) is 0 Å². The van der Waals surface area contributed by atoms with Gasteiger partial charge in [-0.1, -0.05) is 36.4 Å². The quantitative estimate of drug-likeness (QED) is 0.0617. The number of carbonyl (C=O) groups excluding carboxylic acids is 2. The molecule has 14 heteroatoms. The molecule has 0 radical (unpaired) electrons. The number of carbonyl (C=O) groups is 2. The van der Waals surface area contributed by atoms with Gasteiger partial charge in [-0.05, 0) is 59.7 Å². The molecule has 52 heavy (non-hydrogen) atoms. The number of aryl methyl sites for hydroxylation is 2. The molecule has 262 valence electrons. The molecule has 7 rings (SSSR count). The van der Waals surface area contributed by atoms with Crippen LogP contribution >= 0.6 is 0 Å². The van der Waals surface area contributed by atoms with E-state index >= 15 is 0 Å². The molecular formula is C38H32Br2N8O4. The summed E-state index contributed by atoms with van der Waals surface area (Å²) in [5.74, 6) is -3.05. The van der Waals surface area contributed by atoms with Crippen LogP contribution in [0.4, 0.5) is 0 Å². The summed E-state index contributed by atoms with van der Waals surface area (Å²) in [6.45, 7) is 0. The fourth-order valence-electron chi connectivity index (χ4n) is 5.78. The molecule has 4 heterocycles. The van der Waals surface area contributed by atoms with Crippen molar-refractivity contribution in [2.45, 2.75) is 0 Å². The molecule has 0 spiro atoms. The molecule has 0 fully saturated rings. The van der Waals surface area contributed by atoms with E-state index in [0.717, 1.165) is 44.9 Å². The van der Waals surface area contributed by atoms with Crippen LogP contribution in [0.2, 0.25) is 0 Å². The summed E-state index contributed by atoms with van der Waals surface area (Å²) in [5, 5.41) is 29.0. The summed E-state index contributed by atoms with van der Waals surface area (Å²) < 4.78 is 8.29. The Morgan fingerprint density at radius 3 is 1.35 bits per heavy atom. The maximum atomic E-state index is 12.7. The van der Waals surface area contributed by atoms with Crippen molar-refractivity contribution in [2.24, 2.45) is 24.3 Å². The van der Waals surface area contributed by atoms with Crippen molar-refractivity contribution in [3.05, 3.63) is 144 Å². The van der Waals surface area contributed by atoms with Gasteiger partial charge in [-0.3, -0.25) is 9.59 Å². The Morgan fingerprint density at radius 1 is 0.596 bits per heavy atom. The van der Waals surface area contributed by atoms with E-state index in [-0.39, 0.29) is 45.1 Å². The van der Waals surface area contributed by atoms with Crippen molar-refractivity contribution >= 4 is 35.5 Å². The SMILES string of the molecule is Cn1c(-c2ccc(/C=N/NC(=O)c3ccc(C(=O)N/N=C/c4ccc(-c5c[n+]6ccccc6n5C)cc4)c(O)c3O)cc2)c[n+]2ccccc12.[Br-].[Br-]. The molecule has 0 saturated heterocycles. The van der Waals surface area contributed by atoms with Crippen molar-refractivity contribution < 1.29 is 62.6 Å². The molecule has 0 atom stereocenters. The van der Waals surface area contributed by atoms with E-state index in [1.807, 2.05) is 120 Å². The molecule has 2 amide bonds. The zero-order chi connectivity index (χ0) is 34.8. The number of benzene rings is 3. The number of halogens is 2. The average molecular weight is 825 g/mol. The zero-order valence-electron chi connectivity index (χ0n) is 27.9. The number of fused-ring (bicyclic) bond motifs is 2. The van der Waals surface area contributed by atoms with Crippen molar-refractivity contribution in [2.75, 3.05) is 0 Å². The molecule has 4 N–H and O–H groups in total. The van der Waals surface area contributed by atoms with E-state index in [9.17, 15) is 19.8 Å². The van der Waals surface area contributed by atoms with Crippen molar-refractivity contribution in [1.82, 2.24) is 20.0 Å². The predicted octanol–water partition coefficient (Wildman–Crippen LogP) is -1.88. The van der Waals surface area contributed by atoms with Crippen LogP contribution in [0.3, 0.4) is 0 Å². The second kappa shape index (κ2) is 15.8. The first-order valence-corrected chi connectivity index (χ1v) is 15.6.